The van der Waals surface area contributed by atoms with Gasteiger partial charge in [0.25, 0.3) is 0 Å². The Kier molecular flexibility index (Phi) is 4.15. The number of piperidine rings is 1. The molecule has 3 rings (SSSR count). The summed E-state index contributed by atoms with van der Waals surface area (Å²) in [7, 11) is 0. The first kappa shape index (κ1) is 15.6. The predicted octanol–water partition coefficient (Wildman–Crippen LogP) is 2.78. The average Bonchev–Trinajstić information content (AvgIpc) is 2.85. The summed E-state index contributed by atoms with van der Waals surface area (Å²) in [6.07, 6.45) is 1.88. The van der Waals surface area contributed by atoms with E-state index in [4.69, 9.17) is 4.52 Å². The highest BCUT2D eigenvalue weighted by Crippen LogP contribution is 2.31. The van der Waals surface area contributed by atoms with Crippen LogP contribution in [-0.2, 0) is 4.79 Å². The molecule has 6 heteroatoms. The molecule has 0 spiro atoms. The van der Waals surface area contributed by atoms with Crippen molar-refractivity contribution in [1.29, 1.82) is 0 Å². The van der Waals surface area contributed by atoms with Crippen LogP contribution in [0.5, 0.6) is 0 Å². The first-order chi connectivity index (χ1) is 11.0. The van der Waals surface area contributed by atoms with Crippen molar-refractivity contribution in [1.82, 2.24) is 20.0 Å². The van der Waals surface area contributed by atoms with Crippen LogP contribution in [0.4, 0.5) is 0 Å². The van der Waals surface area contributed by atoms with Crippen LogP contribution in [0.15, 0.2) is 10.6 Å². The Balaban J connectivity index is 1.89. The van der Waals surface area contributed by atoms with Gasteiger partial charge >= 0.3 is 0 Å². The number of rotatable bonds is 2. The molecule has 2 aromatic rings. The van der Waals surface area contributed by atoms with E-state index in [1.165, 1.54) is 0 Å². The molecule has 1 amide bonds. The van der Waals surface area contributed by atoms with Gasteiger partial charge in [0.2, 0.25) is 5.91 Å². The Morgan fingerprint density at radius 3 is 2.48 bits per heavy atom. The zero-order valence-electron chi connectivity index (χ0n) is 14.1. The van der Waals surface area contributed by atoms with Gasteiger partial charge in [-0.15, -0.1) is 0 Å². The quantitative estimate of drug-likeness (QED) is 0.852. The van der Waals surface area contributed by atoms with Gasteiger partial charge in [-0.1, -0.05) is 5.16 Å². The van der Waals surface area contributed by atoms with Gasteiger partial charge in [-0.05, 0) is 39.7 Å². The monoisotopic (exact) mass is 314 g/mol. The highest BCUT2D eigenvalue weighted by molar-refractivity contribution is 5.73. The summed E-state index contributed by atoms with van der Waals surface area (Å²) in [4.78, 5) is 22.6. The number of hydrogen-bond acceptors (Lipinski definition) is 5. The van der Waals surface area contributed by atoms with E-state index in [9.17, 15) is 4.79 Å². The molecule has 2 aromatic heterocycles. The van der Waals surface area contributed by atoms with E-state index in [1.54, 1.807) is 6.92 Å². The number of amides is 1. The highest BCUT2D eigenvalue weighted by atomic mass is 16.5. The van der Waals surface area contributed by atoms with E-state index in [2.05, 4.69) is 15.1 Å². The van der Waals surface area contributed by atoms with Crippen molar-refractivity contribution < 1.29 is 9.32 Å². The molecule has 0 N–H and O–H groups in total. The summed E-state index contributed by atoms with van der Waals surface area (Å²) in [6, 6.07) is 2.05. The van der Waals surface area contributed by atoms with Gasteiger partial charge in [0.05, 0.1) is 17.0 Å². The maximum absolute atomic E-state index is 11.5. The van der Waals surface area contributed by atoms with Crippen molar-refractivity contribution in [3.05, 3.63) is 29.0 Å². The Hall–Kier alpha value is -2.24. The van der Waals surface area contributed by atoms with Crippen molar-refractivity contribution in [2.24, 2.45) is 0 Å². The molecular weight excluding hydrogens is 292 g/mol. The lowest BCUT2D eigenvalue weighted by Crippen LogP contribution is -2.36. The predicted molar refractivity (Wildman–Crippen MR) is 86.0 cm³/mol. The molecule has 1 fully saturated rings. The van der Waals surface area contributed by atoms with Crippen molar-refractivity contribution in [2.75, 3.05) is 13.1 Å². The minimum Gasteiger partial charge on any atom is -0.361 e. The van der Waals surface area contributed by atoms with Crippen LogP contribution in [-0.4, -0.2) is 39.0 Å². The topological polar surface area (TPSA) is 72.1 Å². The Bertz CT molecular complexity index is 711. The molecule has 0 unspecified atom stereocenters. The van der Waals surface area contributed by atoms with Gasteiger partial charge in [0.1, 0.15) is 11.6 Å². The number of aromatic nitrogens is 3. The van der Waals surface area contributed by atoms with E-state index in [0.29, 0.717) is 5.92 Å². The summed E-state index contributed by atoms with van der Waals surface area (Å²) in [5.41, 5.74) is 3.73. The minimum absolute atomic E-state index is 0.152. The summed E-state index contributed by atoms with van der Waals surface area (Å²) in [5.74, 6) is 2.05. The molecular formula is C17H22N4O2. The van der Waals surface area contributed by atoms with Crippen LogP contribution in [0.1, 0.15) is 48.7 Å². The minimum atomic E-state index is 0.152. The molecule has 0 radical (unpaired) electrons. The standard InChI is InChI=1S/C17H22N4O2/c1-10-17(11(2)23-20-10)16-9-15(18-12(3)19-16)14-5-7-21(8-6-14)13(4)22/h9,14H,5-8H2,1-4H3. The molecule has 3 heterocycles. The van der Waals surface area contributed by atoms with Crippen LogP contribution in [0.2, 0.25) is 0 Å². The summed E-state index contributed by atoms with van der Waals surface area (Å²) >= 11 is 0. The number of carbonyl (C=O) groups is 1. The lowest BCUT2D eigenvalue weighted by Gasteiger charge is -2.31. The molecule has 1 aliphatic heterocycles. The molecule has 23 heavy (non-hydrogen) atoms. The molecule has 0 saturated carbocycles. The van der Waals surface area contributed by atoms with Crippen LogP contribution in [0.3, 0.4) is 0 Å². The second kappa shape index (κ2) is 6.10. The third-order valence-electron chi connectivity index (χ3n) is 4.51. The third-order valence-corrected chi connectivity index (χ3v) is 4.51. The van der Waals surface area contributed by atoms with Crippen LogP contribution < -0.4 is 0 Å². The van der Waals surface area contributed by atoms with E-state index in [-0.39, 0.29) is 5.91 Å². The second-order valence-corrected chi connectivity index (χ2v) is 6.20. The van der Waals surface area contributed by atoms with Crippen molar-refractivity contribution in [3.63, 3.8) is 0 Å². The Labute approximate surface area is 135 Å². The second-order valence-electron chi connectivity index (χ2n) is 6.20. The fourth-order valence-corrected chi connectivity index (χ4v) is 3.27. The first-order valence-corrected chi connectivity index (χ1v) is 8.00. The number of carbonyl (C=O) groups excluding carboxylic acids is 1. The van der Waals surface area contributed by atoms with Crippen molar-refractivity contribution in [3.8, 4) is 11.3 Å². The number of likely N-dealkylation sites (tertiary alicyclic amines) is 1. The smallest absolute Gasteiger partial charge is 0.219 e. The lowest BCUT2D eigenvalue weighted by molar-refractivity contribution is -0.129. The number of hydrogen-bond donors (Lipinski definition) is 0. The largest absolute Gasteiger partial charge is 0.361 e. The van der Waals surface area contributed by atoms with E-state index >= 15 is 0 Å². The van der Waals surface area contributed by atoms with E-state index < -0.39 is 0 Å². The maximum Gasteiger partial charge on any atom is 0.219 e. The fraction of sp³-hybridized carbons (Fsp3) is 0.529. The van der Waals surface area contributed by atoms with Gasteiger partial charge in [-0.3, -0.25) is 4.79 Å². The molecule has 1 saturated heterocycles. The molecule has 0 aromatic carbocycles. The fourth-order valence-electron chi connectivity index (χ4n) is 3.27. The molecule has 122 valence electrons. The maximum atomic E-state index is 11.5. The molecule has 6 nitrogen and oxygen atoms in total. The molecule has 0 bridgehead atoms. The van der Waals surface area contributed by atoms with Crippen LogP contribution in [0.25, 0.3) is 11.3 Å². The van der Waals surface area contributed by atoms with Gasteiger partial charge in [0.15, 0.2) is 0 Å². The van der Waals surface area contributed by atoms with E-state index in [1.807, 2.05) is 31.7 Å². The lowest BCUT2D eigenvalue weighted by atomic mass is 9.92. The van der Waals surface area contributed by atoms with E-state index in [0.717, 1.165) is 60.2 Å². The third kappa shape index (κ3) is 3.11. The SMILES string of the molecule is CC(=O)N1CCC(c2cc(-c3c(C)noc3C)nc(C)n2)CC1. The van der Waals surface area contributed by atoms with Gasteiger partial charge in [-0.25, -0.2) is 9.97 Å². The highest BCUT2D eigenvalue weighted by Gasteiger charge is 2.24. The number of aryl methyl sites for hydroxylation is 3. The summed E-state index contributed by atoms with van der Waals surface area (Å²) in [6.45, 7) is 8.96. The molecule has 0 aliphatic carbocycles. The van der Waals surface area contributed by atoms with Crippen LogP contribution >= 0.6 is 0 Å². The Morgan fingerprint density at radius 2 is 1.91 bits per heavy atom. The number of nitrogens with zero attached hydrogens (tertiary/aromatic N) is 4. The Morgan fingerprint density at radius 1 is 1.22 bits per heavy atom. The molecule has 1 aliphatic rings. The normalized spacial score (nSPS) is 15.9. The molecule has 0 atom stereocenters. The van der Waals surface area contributed by atoms with Gasteiger partial charge < -0.3 is 9.42 Å². The first-order valence-electron chi connectivity index (χ1n) is 8.00. The van der Waals surface area contributed by atoms with Gasteiger partial charge in [0, 0.05) is 31.6 Å². The zero-order valence-corrected chi connectivity index (χ0v) is 14.1. The van der Waals surface area contributed by atoms with Crippen molar-refractivity contribution >= 4 is 5.91 Å². The van der Waals surface area contributed by atoms with Crippen LogP contribution in [0, 0.1) is 20.8 Å². The summed E-state index contributed by atoms with van der Waals surface area (Å²) < 4.78 is 5.26. The average molecular weight is 314 g/mol. The zero-order chi connectivity index (χ0) is 16.6. The van der Waals surface area contributed by atoms with Crippen molar-refractivity contribution in [2.45, 2.75) is 46.5 Å². The summed E-state index contributed by atoms with van der Waals surface area (Å²) in [5, 5.41) is 4.01. The van der Waals surface area contributed by atoms with Gasteiger partial charge in [-0.2, -0.15) is 0 Å².